The summed E-state index contributed by atoms with van der Waals surface area (Å²) in [6.45, 7) is 1.92. The second kappa shape index (κ2) is 6.09. The summed E-state index contributed by atoms with van der Waals surface area (Å²) in [6.07, 6.45) is 7.70. The molecule has 0 bridgehead atoms. The highest BCUT2D eigenvalue weighted by atomic mass is 32.2. The van der Waals surface area contributed by atoms with Gasteiger partial charge in [0.25, 0.3) is 0 Å². The predicted octanol–water partition coefficient (Wildman–Crippen LogP) is 2.51. The normalized spacial score (nSPS) is 11.0. The number of hydrogen-bond acceptors (Lipinski definition) is 6. The van der Waals surface area contributed by atoms with Crippen molar-refractivity contribution in [2.45, 2.75) is 18.5 Å². The molecule has 3 aromatic heterocycles. The van der Waals surface area contributed by atoms with Gasteiger partial charge in [-0.3, -0.25) is 9.97 Å². The summed E-state index contributed by atoms with van der Waals surface area (Å²) >= 11 is 1.66. The first-order chi connectivity index (χ1) is 10.3. The molecule has 0 N–H and O–H groups in total. The van der Waals surface area contributed by atoms with Crippen LogP contribution in [0.25, 0.3) is 11.4 Å². The fourth-order valence-electron chi connectivity index (χ4n) is 2.00. The first-order valence-corrected chi connectivity index (χ1v) is 7.56. The molecular formula is C14H15N5OS. The standard InChI is InChI=1S/C14H15N5OS/c1-10-12(3-7-20-10)13-17-18-14(19(13)2)21-8-4-11-9-15-5-6-16-11/h3,5-7,9H,4,8H2,1-2H3. The number of thioether (sulfide) groups is 1. The van der Waals surface area contributed by atoms with Crippen LogP contribution in [-0.4, -0.2) is 30.5 Å². The van der Waals surface area contributed by atoms with Gasteiger partial charge in [0.05, 0.1) is 17.5 Å². The molecule has 108 valence electrons. The molecule has 0 saturated carbocycles. The minimum absolute atomic E-state index is 0.822. The molecule has 6 nitrogen and oxygen atoms in total. The van der Waals surface area contributed by atoms with Crippen molar-refractivity contribution in [2.24, 2.45) is 7.05 Å². The van der Waals surface area contributed by atoms with E-state index in [1.165, 1.54) is 0 Å². The highest BCUT2D eigenvalue weighted by Gasteiger charge is 2.14. The summed E-state index contributed by atoms with van der Waals surface area (Å²) in [5.74, 6) is 2.56. The Morgan fingerprint density at radius 3 is 2.90 bits per heavy atom. The highest BCUT2D eigenvalue weighted by molar-refractivity contribution is 7.99. The second-order valence-electron chi connectivity index (χ2n) is 4.55. The number of hydrogen-bond donors (Lipinski definition) is 0. The zero-order chi connectivity index (χ0) is 14.7. The molecular weight excluding hydrogens is 286 g/mol. The molecule has 0 amide bonds. The molecule has 7 heteroatoms. The predicted molar refractivity (Wildman–Crippen MR) is 79.9 cm³/mol. The molecule has 0 unspecified atom stereocenters. The molecule has 0 saturated heterocycles. The highest BCUT2D eigenvalue weighted by Crippen LogP contribution is 2.25. The van der Waals surface area contributed by atoms with Crippen LogP contribution in [0.1, 0.15) is 11.5 Å². The maximum Gasteiger partial charge on any atom is 0.191 e. The summed E-state index contributed by atoms with van der Waals surface area (Å²) in [4.78, 5) is 8.32. The molecule has 0 aromatic carbocycles. The van der Waals surface area contributed by atoms with Gasteiger partial charge in [-0.05, 0) is 13.0 Å². The molecule has 0 atom stereocenters. The molecule has 3 aromatic rings. The lowest BCUT2D eigenvalue weighted by Gasteiger charge is -2.03. The van der Waals surface area contributed by atoms with Crippen LogP contribution in [0, 0.1) is 6.92 Å². The average Bonchev–Trinajstić information content (AvgIpc) is 3.07. The van der Waals surface area contributed by atoms with E-state index in [1.807, 2.05) is 24.6 Å². The lowest BCUT2D eigenvalue weighted by Crippen LogP contribution is -1.97. The van der Waals surface area contributed by atoms with Crippen LogP contribution in [0.15, 0.2) is 40.5 Å². The van der Waals surface area contributed by atoms with Crippen molar-refractivity contribution in [2.75, 3.05) is 5.75 Å². The molecule has 0 aliphatic rings. The fourth-order valence-corrected chi connectivity index (χ4v) is 2.87. The van der Waals surface area contributed by atoms with Gasteiger partial charge in [0.2, 0.25) is 0 Å². The van der Waals surface area contributed by atoms with E-state index in [9.17, 15) is 0 Å². The van der Waals surface area contributed by atoms with Gasteiger partial charge in [0.1, 0.15) is 5.76 Å². The van der Waals surface area contributed by atoms with E-state index in [0.717, 1.165) is 40.2 Å². The van der Waals surface area contributed by atoms with Crippen molar-refractivity contribution in [1.82, 2.24) is 24.7 Å². The zero-order valence-electron chi connectivity index (χ0n) is 11.9. The lowest BCUT2D eigenvalue weighted by molar-refractivity contribution is 0.534. The van der Waals surface area contributed by atoms with Gasteiger partial charge in [0, 0.05) is 37.8 Å². The molecule has 3 rings (SSSR count). The van der Waals surface area contributed by atoms with Crippen molar-refractivity contribution >= 4 is 11.8 Å². The van der Waals surface area contributed by atoms with E-state index in [0.29, 0.717) is 0 Å². The Kier molecular flexibility index (Phi) is 4.01. The number of aromatic nitrogens is 5. The first-order valence-electron chi connectivity index (χ1n) is 6.57. The summed E-state index contributed by atoms with van der Waals surface area (Å²) in [5, 5.41) is 9.37. The van der Waals surface area contributed by atoms with Crippen LogP contribution in [0.2, 0.25) is 0 Å². The molecule has 0 aliphatic heterocycles. The summed E-state index contributed by atoms with van der Waals surface area (Å²) in [7, 11) is 1.96. The van der Waals surface area contributed by atoms with E-state index in [1.54, 1.807) is 36.6 Å². The van der Waals surface area contributed by atoms with E-state index in [2.05, 4.69) is 20.2 Å². The Morgan fingerprint density at radius 1 is 1.29 bits per heavy atom. The van der Waals surface area contributed by atoms with Gasteiger partial charge >= 0.3 is 0 Å². The van der Waals surface area contributed by atoms with E-state index < -0.39 is 0 Å². The third-order valence-electron chi connectivity index (χ3n) is 3.14. The lowest BCUT2D eigenvalue weighted by atomic mass is 10.2. The maximum atomic E-state index is 5.32. The van der Waals surface area contributed by atoms with Crippen LogP contribution in [0.3, 0.4) is 0 Å². The molecule has 3 heterocycles. The molecule has 0 fully saturated rings. The molecule has 0 aliphatic carbocycles. The van der Waals surface area contributed by atoms with Gasteiger partial charge in [-0.1, -0.05) is 11.8 Å². The van der Waals surface area contributed by atoms with Crippen LogP contribution < -0.4 is 0 Å². The number of furan rings is 1. The number of nitrogens with zero attached hydrogens (tertiary/aromatic N) is 5. The smallest absolute Gasteiger partial charge is 0.191 e. The fraction of sp³-hybridized carbons (Fsp3) is 0.286. The van der Waals surface area contributed by atoms with Crippen molar-refractivity contribution in [1.29, 1.82) is 0 Å². The third-order valence-corrected chi connectivity index (χ3v) is 4.16. The minimum Gasteiger partial charge on any atom is -0.469 e. The van der Waals surface area contributed by atoms with E-state index in [-0.39, 0.29) is 0 Å². The summed E-state index contributed by atoms with van der Waals surface area (Å²) < 4.78 is 7.30. The Balaban J connectivity index is 1.67. The quantitative estimate of drug-likeness (QED) is 0.674. The Hall–Kier alpha value is -2.15. The van der Waals surface area contributed by atoms with E-state index in [4.69, 9.17) is 4.42 Å². The van der Waals surface area contributed by atoms with Crippen molar-refractivity contribution in [3.8, 4) is 11.4 Å². The van der Waals surface area contributed by atoms with Crippen molar-refractivity contribution in [3.05, 3.63) is 42.4 Å². The van der Waals surface area contributed by atoms with Crippen LogP contribution >= 0.6 is 11.8 Å². The van der Waals surface area contributed by atoms with Crippen LogP contribution in [-0.2, 0) is 13.5 Å². The third kappa shape index (κ3) is 2.97. The monoisotopic (exact) mass is 301 g/mol. The largest absolute Gasteiger partial charge is 0.469 e. The van der Waals surface area contributed by atoms with Gasteiger partial charge in [-0.15, -0.1) is 10.2 Å². The summed E-state index contributed by atoms with van der Waals surface area (Å²) in [5.41, 5.74) is 1.96. The van der Waals surface area contributed by atoms with Crippen LogP contribution in [0.5, 0.6) is 0 Å². The first kappa shape index (κ1) is 13.8. The number of rotatable bonds is 5. The Labute approximate surface area is 126 Å². The van der Waals surface area contributed by atoms with Gasteiger partial charge in [0.15, 0.2) is 11.0 Å². The van der Waals surface area contributed by atoms with Crippen molar-refractivity contribution in [3.63, 3.8) is 0 Å². The Bertz CT molecular complexity index is 722. The van der Waals surface area contributed by atoms with Crippen molar-refractivity contribution < 1.29 is 4.42 Å². The Morgan fingerprint density at radius 2 is 2.19 bits per heavy atom. The van der Waals surface area contributed by atoms with Gasteiger partial charge in [-0.25, -0.2) is 0 Å². The van der Waals surface area contributed by atoms with E-state index >= 15 is 0 Å². The van der Waals surface area contributed by atoms with Crippen LogP contribution in [0.4, 0.5) is 0 Å². The molecule has 21 heavy (non-hydrogen) atoms. The zero-order valence-corrected chi connectivity index (χ0v) is 12.7. The van der Waals surface area contributed by atoms with Gasteiger partial charge < -0.3 is 8.98 Å². The SMILES string of the molecule is Cc1occc1-c1nnc(SCCc2cnccn2)n1C. The number of aryl methyl sites for hydroxylation is 2. The average molecular weight is 301 g/mol. The van der Waals surface area contributed by atoms with Gasteiger partial charge in [-0.2, -0.15) is 0 Å². The maximum absolute atomic E-state index is 5.32. The molecule has 0 spiro atoms. The summed E-state index contributed by atoms with van der Waals surface area (Å²) in [6, 6.07) is 1.91. The molecule has 0 radical (unpaired) electrons. The topological polar surface area (TPSA) is 69.6 Å². The second-order valence-corrected chi connectivity index (χ2v) is 5.61. The minimum atomic E-state index is 0.822.